The van der Waals surface area contributed by atoms with E-state index in [0.29, 0.717) is 5.02 Å². The van der Waals surface area contributed by atoms with E-state index in [1.165, 1.54) is 24.3 Å². The van der Waals surface area contributed by atoms with Crippen LogP contribution < -0.4 is 5.73 Å². The van der Waals surface area contributed by atoms with E-state index in [1.54, 1.807) is 0 Å². The highest BCUT2D eigenvalue weighted by Gasteiger charge is 2.20. The molecule has 1 rings (SSSR count). The molecule has 112 valence electrons. The first-order valence-corrected chi connectivity index (χ1v) is 9.45. The minimum Gasteiger partial charge on any atom is -0.370 e. The Kier molecular flexibility index (Phi) is 5.55. The van der Waals surface area contributed by atoms with Gasteiger partial charge in [-0.25, -0.2) is 16.8 Å². The van der Waals surface area contributed by atoms with Gasteiger partial charge in [-0.3, -0.25) is 4.79 Å². The van der Waals surface area contributed by atoms with Gasteiger partial charge in [0.2, 0.25) is 5.91 Å². The first-order chi connectivity index (χ1) is 9.12. The molecular formula is C11H14ClNO5S2. The Morgan fingerprint density at radius 2 is 1.55 bits per heavy atom. The van der Waals surface area contributed by atoms with Gasteiger partial charge in [0.05, 0.1) is 22.2 Å². The van der Waals surface area contributed by atoms with Crippen LogP contribution in [0, 0.1) is 0 Å². The van der Waals surface area contributed by atoms with Gasteiger partial charge in [0.15, 0.2) is 19.7 Å². The third-order valence-electron chi connectivity index (χ3n) is 2.50. The van der Waals surface area contributed by atoms with Gasteiger partial charge in [-0.2, -0.15) is 0 Å². The van der Waals surface area contributed by atoms with Gasteiger partial charge in [-0.05, 0) is 24.3 Å². The van der Waals surface area contributed by atoms with Crippen molar-refractivity contribution < 1.29 is 21.6 Å². The molecule has 0 saturated heterocycles. The summed E-state index contributed by atoms with van der Waals surface area (Å²) in [5, 5.41) is 0.387. The average molecular weight is 340 g/mol. The fraction of sp³-hybridized carbons (Fsp3) is 0.364. The summed E-state index contributed by atoms with van der Waals surface area (Å²) in [7, 11) is -7.33. The molecule has 20 heavy (non-hydrogen) atoms. The standard InChI is InChI=1S/C11H14ClNO5S2/c12-9-1-3-10(4-2-9)20(17,18)8-7-19(15,16)6-5-11(13)14/h1-4H,5-8H2,(H2,13,14). The third kappa shape index (κ3) is 5.48. The van der Waals surface area contributed by atoms with Crippen molar-refractivity contribution in [3.8, 4) is 0 Å². The van der Waals surface area contributed by atoms with Crippen molar-refractivity contribution in [2.75, 3.05) is 17.3 Å². The van der Waals surface area contributed by atoms with Crippen LogP contribution in [-0.2, 0) is 24.5 Å². The zero-order valence-corrected chi connectivity index (χ0v) is 12.8. The molecule has 0 aromatic heterocycles. The summed E-state index contributed by atoms with van der Waals surface area (Å²) in [6.07, 6.45) is -0.316. The summed E-state index contributed by atoms with van der Waals surface area (Å²) in [6, 6.07) is 5.45. The number of benzene rings is 1. The average Bonchev–Trinajstić information content (AvgIpc) is 2.35. The topological polar surface area (TPSA) is 111 Å². The van der Waals surface area contributed by atoms with Crippen molar-refractivity contribution >= 4 is 37.2 Å². The molecule has 0 aliphatic heterocycles. The van der Waals surface area contributed by atoms with Crippen molar-refractivity contribution in [3.63, 3.8) is 0 Å². The van der Waals surface area contributed by atoms with Gasteiger partial charge in [-0.1, -0.05) is 11.6 Å². The Labute approximate surface area is 122 Å². The number of halogens is 1. The quantitative estimate of drug-likeness (QED) is 0.773. The lowest BCUT2D eigenvalue weighted by Crippen LogP contribution is -2.23. The van der Waals surface area contributed by atoms with E-state index in [9.17, 15) is 21.6 Å². The van der Waals surface area contributed by atoms with Crippen LogP contribution in [-0.4, -0.2) is 40.0 Å². The molecule has 0 heterocycles. The molecule has 6 nitrogen and oxygen atoms in total. The van der Waals surface area contributed by atoms with Gasteiger partial charge in [0, 0.05) is 11.4 Å². The Hall–Kier alpha value is -1.12. The number of primary amides is 1. The van der Waals surface area contributed by atoms with Crippen LogP contribution in [0.5, 0.6) is 0 Å². The summed E-state index contributed by atoms with van der Waals surface area (Å²) < 4.78 is 47.0. The molecule has 0 atom stereocenters. The van der Waals surface area contributed by atoms with E-state index >= 15 is 0 Å². The maximum atomic E-state index is 11.9. The van der Waals surface area contributed by atoms with Crippen LogP contribution in [0.2, 0.25) is 5.02 Å². The second-order valence-electron chi connectivity index (χ2n) is 4.14. The van der Waals surface area contributed by atoms with Gasteiger partial charge in [-0.15, -0.1) is 0 Å². The van der Waals surface area contributed by atoms with Crippen molar-refractivity contribution in [2.24, 2.45) is 5.73 Å². The molecule has 0 bridgehead atoms. The number of sulfone groups is 2. The van der Waals surface area contributed by atoms with Crippen LogP contribution in [0.4, 0.5) is 0 Å². The highest BCUT2D eigenvalue weighted by molar-refractivity contribution is 7.95. The fourth-order valence-corrected chi connectivity index (χ4v) is 4.88. The molecule has 2 N–H and O–H groups in total. The first kappa shape index (κ1) is 16.9. The van der Waals surface area contributed by atoms with Crippen LogP contribution in [0.1, 0.15) is 6.42 Å². The fourth-order valence-electron chi connectivity index (χ4n) is 1.35. The van der Waals surface area contributed by atoms with Gasteiger partial charge in [0.1, 0.15) is 0 Å². The van der Waals surface area contributed by atoms with Crippen molar-refractivity contribution in [1.82, 2.24) is 0 Å². The maximum absolute atomic E-state index is 11.9. The van der Waals surface area contributed by atoms with E-state index in [2.05, 4.69) is 0 Å². The summed E-state index contributed by atoms with van der Waals surface area (Å²) in [6.45, 7) is 0. The summed E-state index contributed by atoms with van der Waals surface area (Å²) in [5.41, 5.74) is 4.85. The monoisotopic (exact) mass is 339 g/mol. The highest BCUT2D eigenvalue weighted by Crippen LogP contribution is 2.15. The van der Waals surface area contributed by atoms with Crippen LogP contribution in [0.25, 0.3) is 0 Å². The summed E-state index contributed by atoms with van der Waals surface area (Å²) in [5.74, 6) is -2.28. The smallest absolute Gasteiger partial charge is 0.218 e. The Morgan fingerprint density at radius 1 is 1.00 bits per heavy atom. The Morgan fingerprint density at radius 3 is 2.05 bits per heavy atom. The predicted octanol–water partition coefficient (Wildman–Crippen LogP) is 0.404. The van der Waals surface area contributed by atoms with Crippen molar-refractivity contribution in [1.29, 1.82) is 0 Å². The van der Waals surface area contributed by atoms with E-state index in [-0.39, 0.29) is 11.3 Å². The molecule has 0 radical (unpaired) electrons. The maximum Gasteiger partial charge on any atom is 0.218 e. The number of carbonyl (C=O) groups excluding carboxylic acids is 1. The molecule has 9 heteroatoms. The van der Waals surface area contributed by atoms with Crippen LogP contribution in [0.3, 0.4) is 0 Å². The Balaban J connectivity index is 2.73. The van der Waals surface area contributed by atoms with Crippen molar-refractivity contribution in [3.05, 3.63) is 29.3 Å². The number of nitrogens with two attached hydrogens (primary N) is 1. The lowest BCUT2D eigenvalue weighted by Gasteiger charge is -2.05. The van der Waals surface area contributed by atoms with E-state index < -0.39 is 42.8 Å². The van der Waals surface area contributed by atoms with E-state index in [0.717, 1.165) is 0 Å². The number of hydrogen-bond acceptors (Lipinski definition) is 5. The molecule has 0 unspecified atom stereocenters. The molecule has 1 aromatic carbocycles. The molecule has 0 aliphatic carbocycles. The predicted molar refractivity (Wildman–Crippen MR) is 76.0 cm³/mol. The summed E-state index contributed by atoms with van der Waals surface area (Å²) in [4.78, 5) is 10.5. The molecule has 0 fully saturated rings. The molecule has 0 saturated carbocycles. The van der Waals surface area contributed by atoms with Gasteiger partial charge >= 0.3 is 0 Å². The van der Waals surface area contributed by atoms with Gasteiger partial charge in [0.25, 0.3) is 0 Å². The second-order valence-corrected chi connectivity index (χ2v) is 8.99. The minimum atomic E-state index is -3.70. The summed E-state index contributed by atoms with van der Waals surface area (Å²) >= 11 is 5.65. The van der Waals surface area contributed by atoms with Gasteiger partial charge < -0.3 is 5.73 Å². The zero-order chi connectivity index (χ0) is 15.4. The minimum absolute atomic E-state index is 0.00648. The molecule has 0 aliphatic rings. The molecular weight excluding hydrogens is 326 g/mol. The lowest BCUT2D eigenvalue weighted by molar-refractivity contribution is -0.117. The number of amides is 1. The molecule has 1 amide bonds. The number of rotatable bonds is 7. The largest absolute Gasteiger partial charge is 0.370 e. The van der Waals surface area contributed by atoms with E-state index in [1.807, 2.05) is 0 Å². The molecule has 0 spiro atoms. The number of carbonyl (C=O) groups is 1. The van der Waals surface area contributed by atoms with Crippen molar-refractivity contribution in [2.45, 2.75) is 11.3 Å². The van der Waals surface area contributed by atoms with Crippen LogP contribution >= 0.6 is 11.6 Å². The van der Waals surface area contributed by atoms with E-state index in [4.69, 9.17) is 17.3 Å². The third-order valence-corrected chi connectivity index (χ3v) is 6.39. The Bertz CT molecular complexity index is 680. The van der Waals surface area contributed by atoms with Crippen LogP contribution in [0.15, 0.2) is 29.2 Å². The second kappa shape index (κ2) is 6.55. The number of hydrogen-bond donors (Lipinski definition) is 1. The first-order valence-electron chi connectivity index (χ1n) is 5.59. The molecule has 1 aromatic rings. The normalized spacial score (nSPS) is 12.2. The SMILES string of the molecule is NC(=O)CCS(=O)(=O)CCS(=O)(=O)c1ccc(Cl)cc1. The zero-order valence-electron chi connectivity index (χ0n) is 10.5. The highest BCUT2D eigenvalue weighted by atomic mass is 35.5. The lowest BCUT2D eigenvalue weighted by atomic mass is 10.4.